The fourth-order valence-corrected chi connectivity index (χ4v) is 2.66. The summed E-state index contributed by atoms with van der Waals surface area (Å²) in [6.07, 6.45) is -1.90. The lowest BCUT2D eigenvalue weighted by molar-refractivity contribution is -0.286. The van der Waals surface area contributed by atoms with Crippen molar-refractivity contribution < 1.29 is 23.0 Å². The van der Waals surface area contributed by atoms with Crippen molar-refractivity contribution in [2.24, 2.45) is 5.92 Å². The molecule has 5 nitrogen and oxygen atoms in total. The van der Waals surface area contributed by atoms with Gasteiger partial charge in [0.25, 0.3) is 0 Å². The first-order valence-corrected chi connectivity index (χ1v) is 6.89. The molecule has 2 aliphatic heterocycles. The van der Waals surface area contributed by atoms with Crippen LogP contribution >= 0.6 is 0 Å². The summed E-state index contributed by atoms with van der Waals surface area (Å²) in [4.78, 5) is 12.2. The fourth-order valence-electron chi connectivity index (χ4n) is 2.66. The Kier molecular flexibility index (Phi) is 3.44. The number of nitrogens with one attached hydrogen (secondary N) is 2. The number of fused-ring (bicyclic) bond motifs is 1. The summed E-state index contributed by atoms with van der Waals surface area (Å²) in [5.41, 5.74) is 0.415. The van der Waals surface area contributed by atoms with E-state index in [0.717, 1.165) is 19.4 Å². The van der Waals surface area contributed by atoms with Gasteiger partial charge >= 0.3 is 6.29 Å². The molecule has 1 amide bonds. The number of hydrogen-bond acceptors (Lipinski definition) is 4. The van der Waals surface area contributed by atoms with Crippen molar-refractivity contribution in [2.45, 2.75) is 32.1 Å². The molecule has 1 fully saturated rings. The number of benzene rings is 1. The quantitative estimate of drug-likeness (QED) is 0.880. The summed E-state index contributed by atoms with van der Waals surface area (Å²) in [5, 5.41) is 5.99. The van der Waals surface area contributed by atoms with Crippen molar-refractivity contribution in [3.05, 3.63) is 18.2 Å². The monoisotopic (exact) mass is 298 g/mol. The number of anilines is 1. The first-order valence-electron chi connectivity index (χ1n) is 6.89. The molecule has 0 spiro atoms. The second-order valence-corrected chi connectivity index (χ2v) is 5.31. The third kappa shape index (κ3) is 2.92. The van der Waals surface area contributed by atoms with Crippen LogP contribution in [-0.4, -0.2) is 24.8 Å². The molecule has 114 valence electrons. The van der Waals surface area contributed by atoms with Crippen LogP contribution in [0, 0.1) is 5.92 Å². The number of hydrogen-bond donors (Lipinski definition) is 2. The third-order valence-electron chi connectivity index (χ3n) is 3.77. The predicted octanol–water partition coefficient (Wildman–Crippen LogP) is 2.33. The Morgan fingerprint density at radius 2 is 2.14 bits per heavy atom. The minimum atomic E-state index is -3.65. The van der Waals surface area contributed by atoms with E-state index in [0.29, 0.717) is 5.69 Å². The molecule has 21 heavy (non-hydrogen) atoms. The van der Waals surface area contributed by atoms with E-state index in [4.69, 9.17) is 0 Å². The van der Waals surface area contributed by atoms with Crippen LogP contribution in [0.25, 0.3) is 0 Å². The summed E-state index contributed by atoms with van der Waals surface area (Å²) >= 11 is 0. The van der Waals surface area contributed by atoms with Crippen LogP contribution in [0.2, 0.25) is 0 Å². The number of alkyl halides is 2. The first kappa shape index (κ1) is 14.1. The van der Waals surface area contributed by atoms with Gasteiger partial charge in [-0.25, -0.2) is 0 Å². The fraction of sp³-hybridized carbons (Fsp3) is 0.500. The van der Waals surface area contributed by atoms with Gasteiger partial charge in [0.1, 0.15) is 0 Å². The summed E-state index contributed by atoms with van der Waals surface area (Å²) < 4.78 is 34.5. The Balaban J connectivity index is 1.70. The highest BCUT2D eigenvalue weighted by atomic mass is 19.3. The summed E-state index contributed by atoms with van der Waals surface area (Å²) in [5.74, 6) is -0.371. The van der Waals surface area contributed by atoms with E-state index in [1.807, 2.05) is 6.92 Å². The smallest absolute Gasteiger partial charge is 0.395 e. The van der Waals surface area contributed by atoms with Crippen LogP contribution in [-0.2, 0) is 4.79 Å². The molecule has 2 atom stereocenters. The van der Waals surface area contributed by atoms with Gasteiger partial charge in [-0.15, -0.1) is 8.78 Å². The highest BCUT2D eigenvalue weighted by molar-refractivity contribution is 5.93. The van der Waals surface area contributed by atoms with Crippen LogP contribution in [0.5, 0.6) is 11.5 Å². The molecule has 3 rings (SSSR count). The minimum absolute atomic E-state index is 0.0364. The molecule has 0 aliphatic carbocycles. The maximum atomic E-state index is 12.9. The standard InChI is InChI=1S/C14H16F2N2O3/c1-8-10(3-2-6-17-8)13(19)18-9-4-5-11-12(7-9)21-14(15,16)20-11/h4-5,7-8,10,17H,2-3,6H2,1H3,(H,18,19). The highest BCUT2D eigenvalue weighted by Crippen LogP contribution is 2.42. The number of carbonyl (C=O) groups excluding carboxylic acids is 1. The van der Waals surface area contributed by atoms with E-state index in [1.54, 1.807) is 0 Å². The van der Waals surface area contributed by atoms with Gasteiger partial charge in [-0.1, -0.05) is 0 Å². The van der Waals surface area contributed by atoms with Crippen molar-refractivity contribution in [3.63, 3.8) is 0 Å². The average Bonchev–Trinajstić information content (AvgIpc) is 2.72. The lowest BCUT2D eigenvalue weighted by atomic mass is 9.91. The maximum Gasteiger partial charge on any atom is 0.586 e. The summed E-state index contributed by atoms with van der Waals surface area (Å²) in [6, 6.07) is 4.31. The second-order valence-electron chi connectivity index (χ2n) is 5.31. The number of amides is 1. The largest absolute Gasteiger partial charge is 0.586 e. The Hall–Kier alpha value is -1.89. The number of ether oxygens (including phenoxy) is 2. The van der Waals surface area contributed by atoms with Crippen LogP contribution in [0.3, 0.4) is 0 Å². The van der Waals surface area contributed by atoms with E-state index >= 15 is 0 Å². The van der Waals surface area contributed by atoms with Crippen molar-refractivity contribution in [2.75, 3.05) is 11.9 Å². The van der Waals surface area contributed by atoms with Crippen molar-refractivity contribution >= 4 is 11.6 Å². The minimum Gasteiger partial charge on any atom is -0.395 e. The predicted molar refractivity (Wildman–Crippen MR) is 71.5 cm³/mol. The molecule has 2 aliphatic rings. The van der Waals surface area contributed by atoms with Gasteiger partial charge in [-0.05, 0) is 38.4 Å². The lowest BCUT2D eigenvalue weighted by Crippen LogP contribution is -2.44. The Morgan fingerprint density at radius 1 is 1.38 bits per heavy atom. The van der Waals surface area contributed by atoms with Crippen molar-refractivity contribution in [1.82, 2.24) is 5.32 Å². The average molecular weight is 298 g/mol. The number of halogens is 2. The summed E-state index contributed by atoms with van der Waals surface area (Å²) in [7, 11) is 0. The van der Waals surface area contributed by atoms with Gasteiger partial charge in [-0.2, -0.15) is 0 Å². The zero-order valence-corrected chi connectivity index (χ0v) is 11.5. The molecule has 0 radical (unpaired) electrons. The maximum absolute atomic E-state index is 12.9. The van der Waals surface area contributed by atoms with Crippen LogP contribution in [0.15, 0.2) is 18.2 Å². The number of piperidine rings is 1. The first-order chi connectivity index (χ1) is 9.94. The number of rotatable bonds is 2. The number of carbonyl (C=O) groups is 1. The van der Waals surface area contributed by atoms with Crippen molar-refractivity contribution in [1.29, 1.82) is 0 Å². The van der Waals surface area contributed by atoms with E-state index in [9.17, 15) is 13.6 Å². The molecule has 0 saturated carbocycles. The van der Waals surface area contributed by atoms with Gasteiger partial charge in [0, 0.05) is 17.8 Å². The van der Waals surface area contributed by atoms with E-state index in [2.05, 4.69) is 20.1 Å². The normalized spacial score (nSPS) is 26.4. The SMILES string of the molecule is CC1NCCCC1C(=O)Nc1ccc2c(c1)OC(F)(F)O2. The molecule has 1 aromatic carbocycles. The van der Waals surface area contributed by atoms with Gasteiger partial charge < -0.3 is 20.1 Å². The molecule has 2 unspecified atom stereocenters. The molecular formula is C14H16F2N2O3. The van der Waals surface area contributed by atoms with Crippen molar-refractivity contribution in [3.8, 4) is 11.5 Å². The Labute approximate surface area is 120 Å². The van der Waals surface area contributed by atoms with Gasteiger partial charge in [0.05, 0.1) is 5.92 Å². The lowest BCUT2D eigenvalue weighted by Gasteiger charge is -2.28. The van der Waals surface area contributed by atoms with Gasteiger partial charge in [0.15, 0.2) is 11.5 Å². The molecule has 1 aromatic rings. The molecular weight excluding hydrogens is 282 g/mol. The van der Waals surface area contributed by atoms with Gasteiger partial charge in [-0.3, -0.25) is 4.79 Å². The zero-order valence-electron chi connectivity index (χ0n) is 11.5. The molecule has 2 heterocycles. The third-order valence-corrected chi connectivity index (χ3v) is 3.77. The molecule has 7 heteroatoms. The molecule has 1 saturated heterocycles. The molecule has 0 bridgehead atoms. The van der Waals surface area contributed by atoms with E-state index in [1.165, 1.54) is 18.2 Å². The second kappa shape index (κ2) is 5.14. The van der Waals surface area contributed by atoms with E-state index < -0.39 is 6.29 Å². The van der Waals surface area contributed by atoms with Crippen LogP contribution in [0.1, 0.15) is 19.8 Å². The van der Waals surface area contributed by atoms with Gasteiger partial charge in [0.2, 0.25) is 5.91 Å². The topological polar surface area (TPSA) is 59.6 Å². The summed E-state index contributed by atoms with van der Waals surface area (Å²) in [6.45, 7) is 2.87. The highest BCUT2D eigenvalue weighted by Gasteiger charge is 2.43. The van der Waals surface area contributed by atoms with E-state index in [-0.39, 0.29) is 29.4 Å². The van der Waals surface area contributed by atoms with Crippen LogP contribution in [0.4, 0.5) is 14.5 Å². The van der Waals surface area contributed by atoms with Crippen LogP contribution < -0.4 is 20.1 Å². The zero-order chi connectivity index (χ0) is 15.0. The Morgan fingerprint density at radius 3 is 2.90 bits per heavy atom. The molecule has 2 N–H and O–H groups in total. The Bertz CT molecular complexity index is 565. The molecule has 0 aromatic heterocycles.